The van der Waals surface area contributed by atoms with Gasteiger partial charge in [0.2, 0.25) is 11.8 Å². The molecule has 0 bridgehead atoms. The Morgan fingerprint density at radius 2 is 1.37 bits per heavy atom. The van der Waals surface area contributed by atoms with Gasteiger partial charge in [0, 0.05) is 12.7 Å². The standard InChI is InChI=1S/C27H22N2O5S/c1-34-22-16-20-19-14-8-9-15-21(19)29(35(32,33)18-12-6-3-7-13-18)25(20)24-23(22)26(30)28(27(24)31)17-10-4-2-5-11-17/h2-16,22-25H,1H3/t22-,23+,24+,25-/m1/s1. The van der Waals surface area contributed by atoms with Gasteiger partial charge in [-0.05, 0) is 42.0 Å². The zero-order valence-corrected chi connectivity index (χ0v) is 19.6. The lowest BCUT2D eigenvalue weighted by Gasteiger charge is -2.37. The molecule has 35 heavy (non-hydrogen) atoms. The topological polar surface area (TPSA) is 84.0 Å². The molecular weight excluding hydrogens is 464 g/mol. The van der Waals surface area contributed by atoms with E-state index in [-0.39, 0.29) is 10.8 Å². The van der Waals surface area contributed by atoms with E-state index in [1.54, 1.807) is 60.7 Å². The summed E-state index contributed by atoms with van der Waals surface area (Å²) in [4.78, 5) is 28.8. The lowest BCUT2D eigenvalue weighted by Crippen LogP contribution is -2.50. The third kappa shape index (κ3) is 3.03. The van der Waals surface area contributed by atoms with E-state index in [0.29, 0.717) is 16.9 Å². The van der Waals surface area contributed by atoms with Gasteiger partial charge in [-0.25, -0.2) is 13.3 Å². The van der Waals surface area contributed by atoms with E-state index in [2.05, 4.69) is 0 Å². The van der Waals surface area contributed by atoms with E-state index in [1.807, 2.05) is 18.2 Å². The minimum atomic E-state index is -4.04. The number of nitrogens with zero attached hydrogens (tertiary/aromatic N) is 2. The summed E-state index contributed by atoms with van der Waals surface area (Å²) in [5.41, 5.74) is 2.35. The molecule has 4 atom stereocenters. The van der Waals surface area contributed by atoms with Gasteiger partial charge in [0.15, 0.2) is 0 Å². The summed E-state index contributed by atoms with van der Waals surface area (Å²) in [6.07, 6.45) is 1.15. The van der Waals surface area contributed by atoms with Crippen molar-refractivity contribution in [3.63, 3.8) is 0 Å². The number of hydrogen-bond acceptors (Lipinski definition) is 5. The first kappa shape index (κ1) is 21.8. The molecule has 0 radical (unpaired) electrons. The number of sulfonamides is 1. The zero-order valence-electron chi connectivity index (χ0n) is 18.8. The van der Waals surface area contributed by atoms with Crippen LogP contribution in [0.5, 0.6) is 0 Å². The second-order valence-electron chi connectivity index (χ2n) is 8.80. The second-order valence-corrected chi connectivity index (χ2v) is 10.6. The predicted molar refractivity (Wildman–Crippen MR) is 131 cm³/mol. The van der Waals surface area contributed by atoms with Crippen LogP contribution in [0.1, 0.15) is 5.56 Å². The number of carbonyl (C=O) groups is 2. The minimum absolute atomic E-state index is 0.123. The quantitative estimate of drug-likeness (QED) is 0.528. The highest BCUT2D eigenvalue weighted by Gasteiger charge is 2.62. The summed E-state index contributed by atoms with van der Waals surface area (Å²) in [5, 5.41) is 0. The molecule has 1 fully saturated rings. The molecule has 2 aliphatic heterocycles. The summed E-state index contributed by atoms with van der Waals surface area (Å²) in [7, 11) is -2.54. The van der Waals surface area contributed by atoms with Crippen molar-refractivity contribution in [2.24, 2.45) is 11.8 Å². The van der Waals surface area contributed by atoms with Gasteiger partial charge in [-0.1, -0.05) is 54.6 Å². The summed E-state index contributed by atoms with van der Waals surface area (Å²) in [6.45, 7) is 0. The molecule has 6 rings (SSSR count). The number of para-hydroxylation sites is 2. The molecule has 8 heteroatoms. The van der Waals surface area contributed by atoms with E-state index >= 15 is 0 Å². The fraction of sp³-hybridized carbons (Fsp3) is 0.185. The van der Waals surface area contributed by atoms with Gasteiger partial charge in [-0.2, -0.15) is 0 Å². The maximum Gasteiger partial charge on any atom is 0.264 e. The van der Waals surface area contributed by atoms with Crippen LogP contribution in [0.3, 0.4) is 0 Å². The number of carbonyl (C=O) groups excluding carboxylic acids is 2. The Labute approximate surface area is 203 Å². The molecule has 3 aliphatic rings. The molecule has 0 aromatic heterocycles. The molecule has 0 N–H and O–H groups in total. The normalized spacial score (nSPS) is 25.2. The second kappa shape index (κ2) is 7.90. The number of hydrogen-bond donors (Lipinski definition) is 0. The molecule has 3 aromatic rings. The fourth-order valence-electron chi connectivity index (χ4n) is 5.58. The van der Waals surface area contributed by atoms with Crippen LogP contribution in [0.4, 0.5) is 11.4 Å². The highest BCUT2D eigenvalue weighted by molar-refractivity contribution is 7.93. The predicted octanol–water partition coefficient (Wildman–Crippen LogP) is 3.48. The Morgan fingerprint density at radius 3 is 2.06 bits per heavy atom. The molecule has 7 nitrogen and oxygen atoms in total. The zero-order chi connectivity index (χ0) is 24.3. The molecule has 0 spiro atoms. The Balaban J connectivity index is 1.56. The average Bonchev–Trinajstić information content (AvgIpc) is 3.36. The van der Waals surface area contributed by atoms with Crippen molar-refractivity contribution in [1.29, 1.82) is 0 Å². The smallest absolute Gasteiger partial charge is 0.264 e. The molecule has 176 valence electrons. The number of rotatable bonds is 4. The van der Waals surface area contributed by atoms with Gasteiger partial charge >= 0.3 is 0 Å². The van der Waals surface area contributed by atoms with Crippen LogP contribution in [-0.4, -0.2) is 39.5 Å². The van der Waals surface area contributed by atoms with Crippen molar-refractivity contribution in [1.82, 2.24) is 0 Å². The van der Waals surface area contributed by atoms with Gasteiger partial charge in [-0.15, -0.1) is 0 Å². The number of benzene rings is 3. The van der Waals surface area contributed by atoms with Crippen LogP contribution in [0.25, 0.3) is 5.57 Å². The van der Waals surface area contributed by atoms with Crippen molar-refractivity contribution in [3.05, 3.63) is 96.6 Å². The van der Waals surface area contributed by atoms with E-state index in [1.165, 1.54) is 28.4 Å². The third-order valence-electron chi connectivity index (χ3n) is 7.05. The molecule has 0 saturated carbocycles. The van der Waals surface area contributed by atoms with E-state index in [0.717, 1.165) is 5.56 Å². The summed E-state index contributed by atoms with van der Waals surface area (Å²) in [5.74, 6) is -2.59. The lowest BCUT2D eigenvalue weighted by molar-refractivity contribution is -0.124. The molecule has 1 aliphatic carbocycles. The summed E-state index contributed by atoms with van der Waals surface area (Å²) < 4.78 is 35.0. The number of fused-ring (bicyclic) bond motifs is 5. The van der Waals surface area contributed by atoms with E-state index in [4.69, 9.17) is 4.74 Å². The summed E-state index contributed by atoms with van der Waals surface area (Å²) in [6, 6.07) is 23.2. The maximum atomic E-state index is 14.0. The first-order valence-corrected chi connectivity index (χ1v) is 12.8. The van der Waals surface area contributed by atoms with Crippen molar-refractivity contribution >= 4 is 38.8 Å². The van der Waals surface area contributed by atoms with Crippen LogP contribution in [-0.2, 0) is 24.3 Å². The van der Waals surface area contributed by atoms with Gasteiger partial charge in [0.1, 0.15) is 0 Å². The van der Waals surface area contributed by atoms with E-state index < -0.39 is 39.9 Å². The molecular formula is C27H22N2O5S. The first-order chi connectivity index (χ1) is 16.9. The third-order valence-corrected chi connectivity index (χ3v) is 8.86. The van der Waals surface area contributed by atoms with Crippen molar-refractivity contribution in [2.75, 3.05) is 16.3 Å². The van der Waals surface area contributed by atoms with Gasteiger partial charge < -0.3 is 4.74 Å². The number of ether oxygens (including phenoxy) is 1. The van der Waals surface area contributed by atoms with Crippen LogP contribution in [0.2, 0.25) is 0 Å². The summed E-state index contributed by atoms with van der Waals surface area (Å²) >= 11 is 0. The van der Waals surface area contributed by atoms with Gasteiger partial charge in [0.25, 0.3) is 10.0 Å². The Kier molecular flexibility index (Phi) is 4.91. The van der Waals surface area contributed by atoms with Crippen molar-refractivity contribution < 1.29 is 22.7 Å². The lowest BCUT2D eigenvalue weighted by atomic mass is 9.75. The first-order valence-electron chi connectivity index (χ1n) is 11.3. The SMILES string of the molecule is CO[C@@H]1C=C2c3ccccc3N(S(=O)(=O)c3ccccc3)[C@H]2[C@H]2C(=O)N(c3ccccc3)C(=O)[C@H]21. The molecule has 0 unspecified atom stereocenters. The number of amides is 2. The van der Waals surface area contributed by atoms with E-state index in [9.17, 15) is 18.0 Å². The van der Waals surface area contributed by atoms with Crippen molar-refractivity contribution in [3.8, 4) is 0 Å². The van der Waals surface area contributed by atoms with Crippen LogP contribution >= 0.6 is 0 Å². The fourth-order valence-corrected chi connectivity index (χ4v) is 7.27. The van der Waals surface area contributed by atoms with Crippen LogP contribution in [0, 0.1) is 11.8 Å². The molecule has 3 aromatic carbocycles. The van der Waals surface area contributed by atoms with Crippen LogP contribution < -0.4 is 9.21 Å². The Hall–Kier alpha value is -3.75. The maximum absolute atomic E-state index is 14.0. The van der Waals surface area contributed by atoms with Gasteiger partial charge in [0.05, 0.1) is 40.3 Å². The van der Waals surface area contributed by atoms with Crippen LogP contribution in [0.15, 0.2) is 95.9 Å². The monoisotopic (exact) mass is 486 g/mol. The highest BCUT2D eigenvalue weighted by atomic mass is 32.2. The number of anilines is 2. The molecule has 1 saturated heterocycles. The Morgan fingerprint density at radius 1 is 0.771 bits per heavy atom. The average molecular weight is 487 g/mol. The van der Waals surface area contributed by atoms with Crippen molar-refractivity contribution in [2.45, 2.75) is 17.0 Å². The highest BCUT2D eigenvalue weighted by Crippen LogP contribution is 2.53. The molecule has 2 amide bonds. The number of imide groups is 1. The Bertz CT molecular complexity index is 1470. The minimum Gasteiger partial charge on any atom is -0.377 e. The number of methoxy groups -OCH3 is 1. The molecule has 2 heterocycles. The largest absolute Gasteiger partial charge is 0.377 e. The van der Waals surface area contributed by atoms with Gasteiger partial charge in [-0.3, -0.25) is 13.9 Å².